The van der Waals surface area contributed by atoms with E-state index >= 15 is 0 Å². The van der Waals surface area contributed by atoms with Gasteiger partial charge in [-0.2, -0.15) is 0 Å². The van der Waals surface area contributed by atoms with Gasteiger partial charge < -0.3 is 15.3 Å². The number of hydrogen-bond acceptors (Lipinski definition) is 3. The summed E-state index contributed by atoms with van der Waals surface area (Å²) in [6.45, 7) is 1.59. The molecule has 0 aliphatic rings. The SMILES string of the molecule is CCCC(O)(C(=O)O)C(=O)O. The fraction of sp³-hybridized carbons (Fsp3) is 0.667. The zero-order valence-electron chi connectivity index (χ0n) is 6.07. The maximum Gasteiger partial charge on any atom is 0.347 e. The summed E-state index contributed by atoms with van der Waals surface area (Å²) in [5, 5.41) is 25.6. The summed E-state index contributed by atoms with van der Waals surface area (Å²) < 4.78 is 0. The molecule has 11 heavy (non-hydrogen) atoms. The van der Waals surface area contributed by atoms with Gasteiger partial charge in [-0.3, -0.25) is 0 Å². The normalized spacial score (nSPS) is 11.1. The fourth-order valence-electron chi connectivity index (χ4n) is 0.667. The second kappa shape index (κ2) is 3.34. The lowest BCUT2D eigenvalue weighted by Gasteiger charge is -2.16. The second-order valence-corrected chi connectivity index (χ2v) is 2.22. The quantitative estimate of drug-likeness (QED) is 0.493. The molecule has 0 saturated carbocycles. The molecule has 0 aromatic carbocycles. The van der Waals surface area contributed by atoms with Crippen molar-refractivity contribution in [1.82, 2.24) is 0 Å². The molecule has 0 aromatic heterocycles. The molecular weight excluding hydrogens is 152 g/mol. The van der Waals surface area contributed by atoms with Crippen molar-refractivity contribution in [1.29, 1.82) is 0 Å². The largest absolute Gasteiger partial charge is 0.479 e. The van der Waals surface area contributed by atoms with Crippen LogP contribution < -0.4 is 0 Å². The van der Waals surface area contributed by atoms with Gasteiger partial charge in [0.2, 0.25) is 0 Å². The van der Waals surface area contributed by atoms with Gasteiger partial charge in [-0.05, 0) is 6.42 Å². The Hall–Kier alpha value is -1.10. The molecule has 0 aliphatic carbocycles. The van der Waals surface area contributed by atoms with Crippen molar-refractivity contribution in [2.75, 3.05) is 0 Å². The molecule has 0 aliphatic heterocycles. The van der Waals surface area contributed by atoms with E-state index in [1.807, 2.05) is 0 Å². The van der Waals surface area contributed by atoms with E-state index in [0.717, 1.165) is 0 Å². The Bertz CT molecular complexity index is 160. The zero-order valence-corrected chi connectivity index (χ0v) is 6.07. The van der Waals surface area contributed by atoms with E-state index in [4.69, 9.17) is 15.3 Å². The predicted molar refractivity (Wildman–Crippen MR) is 35.1 cm³/mol. The molecule has 0 amide bonds. The van der Waals surface area contributed by atoms with Crippen molar-refractivity contribution < 1.29 is 24.9 Å². The summed E-state index contributed by atoms with van der Waals surface area (Å²) in [4.78, 5) is 20.4. The third kappa shape index (κ3) is 1.91. The monoisotopic (exact) mass is 162 g/mol. The third-order valence-corrected chi connectivity index (χ3v) is 1.32. The predicted octanol–water partition coefficient (Wildman–Crippen LogP) is -0.313. The lowest BCUT2D eigenvalue weighted by molar-refractivity contribution is -0.176. The van der Waals surface area contributed by atoms with Gasteiger partial charge in [0.25, 0.3) is 5.60 Å². The van der Waals surface area contributed by atoms with Gasteiger partial charge in [0.05, 0.1) is 0 Å². The van der Waals surface area contributed by atoms with Crippen molar-refractivity contribution in [2.45, 2.75) is 25.4 Å². The number of aliphatic carboxylic acids is 2. The summed E-state index contributed by atoms with van der Waals surface area (Å²) in [5.41, 5.74) is -2.62. The molecule has 0 rings (SSSR count). The van der Waals surface area contributed by atoms with Gasteiger partial charge in [0, 0.05) is 0 Å². The van der Waals surface area contributed by atoms with Gasteiger partial charge in [-0.15, -0.1) is 0 Å². The van der Waals surface area contributed by atoms with Crippen LogP contribution in [0.1, 0.15) is 19.8 Å². The molecule has 0 fully saturated rings. The van der Waals surface area contributed by atoms with E-state index in [2.05, 4.69) is 0 Å². The van der Waals surface area contributed by atoms with E-state index < -0.39 is 17.5 Å². The van der Waals surface area contributed by atoms with Crippen LogP contribution in [0.15, 0.2) is 0 Å². The van der Waals surface area contributed by atoms with Crippen LogP contribution in [0.2, 0.25) is 0 Å². The molecule has 0 unspecified atom stereocenters. The van der Waals surface area contributed by atoms with E-state index in [0.29, 0.717) is 6.42 Å². The molecule has 0 saturated heterocycles. The van der Waals surface area contributed by atoms with Crippen molar-refractivity contribution in [3.63, 3.8) is 0 Å². The average Bonchev–Trinajstić information content (AvgIpc) is 1.87. The Kier molecular flexibility index (Phi) is 3.00. The number of carboxylic acid groups (broad SMARTS) is 2. The van der Waals surface area contributed by atoms with Crippen LogP contribution in [0.4, 0.5) is 0 Å². The summed E-state index contributed by atoms with van der Waals surface area (Å²) in [6.07, 6.45) is 0.0206. The summed E-state index contributed by atoms with van der Waals surface area (Å²) in [6, 6.07) is 0. The van der Waals surface area contributed by atoms with Gasteiger partial charge in [-0.1, -0.05) is 13.3 Å². The van der Waals surface area contributed by atoms with Gasteiger partial charge >= 0.3 is 11.9 Å². The highest BCUT2D eigenvalue weighted by atomic mass is 16.4. The molecule has 0 aromatic rings. The van der Waals surface area contributed by atoms with Crippen molar-refractivity contribution in [3.05, 3.63) is 0 Å². The van der Waals surface area contributed by atoms with Crippen LogP contribution in [-0.4, -0.2) is 32.9 Å². The van der Waals surface area contributed by atoms with Crippen LogP contribution in [-0.2, 0) is 9.59 Å². The van der Waals surface area contributed by atoms with Gasteiger partial charge in [0.15, 0.2) is 0 Å². The topological polar surface area (TPSA) is 94.8 Å². The van der Waals surface area contributed by atoms with Crippen LogP contribution >= 0.6 is 0 Å². The number of rotatable bonds is 4. The zero-order chi connectivity index (χ0) is 9.07. The summed E-state index contributed by atoms with van der Waals surface area (Å²) >= 11 is 0. The van der Waals surface area contributed by atoms with Crippen molar-refractivity contribution in [3.8, 4) is 0 Å². The van der Waals surface area contributed by atoms with Crippen molar-refractivity contribution >= 4 is 11.9 Å². The molecule has 64 valence electrons. The number of carboxylic acids is 2. The van der Waals surface area contributed by atoms with Gasteiger partial charge in [-0.25, -0.2) is 9.59 Å². The molecule has 0 radical (unpaired) electrons. The number of carbonyl (C=O) groups is 2. The Morgan fingerprint density at radius 1 is 1.27 bits per heavy atom. The fourth-order valence-corrected chi connectivity index (χ4v) is 0.667. The minimum Gasteiger partial charge on any atom is -0.479 e. The van der Waals surface area contributed by atoms with Crippen molar-refractivity contribution in [2.24, 2.45) is 0 Å². The third-order valence-electron chi connectivity index (χ3n) is 1.32. The Balaban J connectivity index is 4.52. The highest BCUT2D eigenvalue weighted by Crippen LogP contribution is 2.12. The smallest absolute Gasteiger partial charge is 0.347 e. The molecule has 3 N–H and O–H groups in total. The summed E-state index contributed by atoms with van der Waals surface area (Å²) in [5.74, 6) is -3.43. The Morgan fingerprint density at radius 2 is 1.64 bits per heavy atom. The molecule has 5 nitrogen and oxygen atoms in total. The second-order valence-electron chi connectivity index (χ2n) is 2.22. The first kappa shape index (κ1) is 9.90. The molecule has 0 heterocycles. The lowest BCUT2D eigenvalue weighted by Crippen LogP contribution is -2.46. The molecule has 5 heteroatoms. The number of hydrogen-bond donors (Lipinski definition) is 3. The standard InChI is InChI=1S/C6H10O5/c1-2-3-6(11,4(7)8)5(9)10/h11H,2-3H2,1H3,(H,7,8)(H,9,10). The minimum absolute atomic E-state index is 0.280. The maximum absolute atomic E-state index is 10.2. The molecule has 0 spiro atoms. The Morgan fingerprint density at radius 3 is 1.73 bits per heavy atom. The van der Waals surface area contributed by atoms with E-state index in [9.17, 15) is 9.59 Å². The molecular formula is C6H10O5. The maximum atomic E-state index is 10.2. The molecule has 0 atom stereocenters. The first-order valence-electron chi connectivity index (χ1n) is 3.14. The Labute approximate surface area is 63.3 Å². The van der Waals surface area contributed by atoms with Crippen LogP contribution in [0.5, 0.6) is 0 Å². The highest BCUT2D eigenvalue weighted by molar-refractivity contribution is 6.01. The average molecular weight is 162 g/mol. The first-order chi connectivity index (χ1) is 4.95. The summed E-state index contributed by atoms with van der Waals surface area (Å²) in [7, 11) is 0. The molecule has 0 bridgehead atoms. The minimum atomic E-state index is -2.62. The van der Waals surface area contributed by atoms with Gasteiger partial charge in [0.1, 0.15) is 0 Å². The van der Waals surface area contributed by atoms with Crippen LogP contribution in [0.3, 0.4) is 0 Å². The van der Waals surface area contributed by atoms with E-state index in [1.54, 1.807) is 6.92 Å². The van der Waals surface area contributed by atoms with Crippen LogP contribution in [0, 0.1) is 0 Å². The van der Waals surface area contributed by atoms with E-state index in [-0.39, 0.29) is 6.42 Å². The number of aliphatic hydroxyl groups is 1. The van der Waals surface area contributed by atoms with Crippen LogP contribution in [0.25, 0.3) is 0 Å². The lowest BCUT2D eigenvalue weighted by atomic mass is 9.99. The van der Waals surface area contributed by atoms with E-state index in [1.165, 1.54) is 0 Å². The first-order valence-corrected chi connectivity index (χ1v) is 3.14. The highest BCUT2D eigenvalue weighted by Gasteiger charge is 2.43.